The SMILES string of the molecule is CCOC(=O)CCc1c(NC(=O)CCc2ccc(O)c(O)c2)[nH]c2ccccc12. The average molecular weight is 396 g/mol. The van der Waals surface area contributed by atoms with E-state index in [4.69, 9.17) is 4.74 Å². The summed E-state index contributed by atoms with van der Waals surface area (Å²) >= 11 is 0. The number of carbonyl (C=O) groups is 2. The highest BCUT2D eigenvalue weighted by atomic mass is 16.5. The topological polar surface area (TPSA) is 112 Å². The minimum atomic E-state index is -0.276. The normalized spacial score (nSPS) is 10.8. The predicted molar refractivity (Wildman–Crippen MR) is 110 cm³/mol. The Balaban J connectivity index is 1.70. The van der Waals surface area contributed by atoms with Crippen molar-refractivity contribution in [3.05, 3.63) is 53.6 Å². The lowest BCUT2D eigenvalue weighted by Crippen LogP contribution is -2.14. The molecule has 2 aromatic carbocycles. The number of fused-ring (bicyclic) bond motifs is 1. The van der Waals surface area contributed by atoms with E-state index in [-0.39, 0.29) is 36.2 Å². The summed E-state index contributed by atoms with van der Waals surface area (Å²) in [5.41, 5.74) is 2.49. The number of nitrogens with one attached hydrogen (secondary N) is 2. The number of rotatable bonds is 8. The molecule has 0 saturated carbocycles. The first-order chi connectivity index (χ1) is 14.0. The molecule has 3 aromatic rings. The number of benzene rings is 2. The molecule has 0 unspecified atom stereocenters. The van der Waals surface area contributed by atoms with E-state index in [1.54, 1.807) is 13.0 Å². The van der Waals surface area contributed by atoms with Gasteiger partial charge in [-0.1, -0.05) is 24.3 Å². The van der Waals surface area contributed by atoms with E-state index in [2.05, 4.69) is 10.3 Å². The Morgan fingerprint density at radius 1 is 1.03 bits per heavy atom. The molecule has 4 N–H and O–H groups in total. The predicted octanol–water partition coefficient (Wildman–Crippen LogP) is 3.65. The van der Waals surface area contributed by atoms with Gasteiger partial charge in [-0.05, 0) is 43.5 Å². The van der Waals surface area contributed by atoms with Gasteiger partial charge in [-0.25, -0.2) is 0 Å². The van der Waals surface area contributed by atoms with Crippen LogP contribution >= 0.6 is 0 Å². The molecule has 0 spiro atoms. The molecule has 7 heteroatoms. The van der Waals surface area contributed by atoms with Crippen molar-refractivity contribution in [3.63, 3.8) is 0 Å². The zero-order valence-corrected chi connectivity index (χ0v) is 16.2. The van der Waals surface area contributed by atoms with Crippen LogP contribution in [0.3, 0.4) is 0 Å². The minimum Gasteiger partial charge on any atom is -0.504 e. The summed E-state index contributed by atoms with van der Waals surface area (Å²) in [4.78, 5) is 27.4. The van der Waals surface area contributed by atoms with Crippen molar-refractivity contribution in [1.82, 2.24) is 4.98 Å². The number of aryl methyl sites for hydroxylation is 2. The molecule has 3 rings (SSSR count). The molecule has 0 bridgehead atoms. The fraction of sp³-hybridized carbons (Fsp3) is 0.273. The van der Waals surface area contributed by atoms with Gasteiger partial charge in [0.2, 0.25) is 5.91 Å². The maximum atomic E-state index is 12.5. The fourth-order valence-corrected chi connectivity index (χ4v) is 3.21. The Bertz CT molecular complexity index is 1030. The van der Waals surface area contributed by atoms with Gasteiger partial charge in [-0.2, -0.15) is 0 Å². The van der Waals surface area contributed by atoms with E-state index in [1.165, 1.54) is 12.1 Å². The first kappa shape index (κ1) is 20.3. The van der Waals surface area contributed by atoms with Gasteiger partial charge in [-0.15, -0.1) is 0 Å². The molecule has 1 heterocycles. The molecule has 0 saturated heterocycles. The number of H-pyrrole nitrogens is 1. The van der Waals surface area contributed by atoms with Gasteiger partial charge < -0.3 is 25.3 Å². The lowest BCUT2D eigenvalue weighted by molar-refractivity contribution is -0.143. The average Bonchev–Trinajstić information content (AvgIpc) is 3.04. The third-order valence-electron chi connectivity index (χ3n) is 4.64. The molecule has 0 aliphatic rings. The fourth-order valence-electron chi connectivity index (χ4n) is 3.21. The Labute approximate surface area is 168 Å². The number of aromatic amines is 1. The van der Waals surface area contributed by atoms with Gasteiger partial charge in [0.15, 0.2) is 11.5 Å². The molecule has 0 radical (unpaired) electrons. The first-order valence-corrected chi connectivity index (χ1v) is 9.53. The molecule has 1 amide bonds. The molecular weight excluding hydrogens is 372 g/mol. The van der Waals surface area contributed by atoms with Crippen LogP contribution in [0.5, 0.6) is 11.5 Å². The highest BCUT2D eigenvalue weighted by Gasteiger charge is 2.15. The Morgan fingerprint density at radius 3 is 2.59 bits per heavy atom. The molecule has 0 atom stereocenters. The molecule has 0 aliphatic carbocycles. The highest BCUT2D eigenvalue weighted by Crippen LogP contribution is 2.28. The molecule has 0 fully saturated rings. The van der Waals surface area contributed by atoms with Crippen LogP contribution in [0.1, 0.15) is 30.9 Å². The summed E-state index contributed by atoms with van der Waals surface area (Å²) in [6, 6.07) is 12.2. The molecule has 1 aromatic heterocycles. The second-order valence-corrected chi connectivity index (χ2v) is 6.70. The molecule has 0 aliphatic heterocycles. The van der Waals surface area contributed by atoms with E-state index in [0.29, 0.717) is 25.3 Å². The van der Waals surface area contributed by atoms with Crippen molar-refractivity contribution in [2.24, 2.45) is 0 Å². The maximum Gasteiger partial charge on any atom is 0.306 e. The van der Waals surface area contributed by atoms with Crippen molar-refractivity contribution in [2.45, 2.75) is 32.6 Å². The summed E-state index contributed by atoms with van der Waals surface area (Å²) < 4.78 is 5.00. The zero-order valence-electron chi connectivity index (χ0n) is 16.2. The van der Waals surface area contributed by atoms with Crippen molar-refractivity contribution in [1.29, 1.82) is 0 Å². The number of aromatic hydroxyl groups is 2. The van der Waals surface area contributed by atoms with Crippen LogP contribution in [0, 0.1) is 0 Å². The number of aromatic nitrogens is 1. The summed E-state index contributed by atoms with van der Waals surface area (Å²) in [5.74, 6) is -0.292. The van der Waals surface area contributed by atoms with Gasteiger partial charge in [-0.3, -0.25) is 9.59 Å². The van der Waals surface area contributed by atoms with Gasteiger partial charge in [0.05, 0.1) is 6.61 Å². The summed E-state index contributed by atoms with van der Waals surface area (Å²) in [6.07, 6.45) is 1.30. The van der Waals surface area contributed by atoms with Gasteiger partial charge in [0, 0.05) is 29.3 Å². The number of phenols is 2. The third kappa shape index (κ3) is 5.07. The van der Waals surface area contributed by atoms with Crippen molar-refractivity contribution in [2.75, 3.05) is 11.9 Å². The van der Waals surface area contributed by atoms with E-state index in [0.717, 1.165) is 22.0 Å². The van der Waals surface area contributed by atoms with Crippen molar-refractivity contribution in [3.8, 4) is 11.5 Å². The number of ether oxygens (including phenoxy) is 1. The Kier molecular flexibility index (Phi) is 6.39. The maximum absolute atomic E-state index is 12.5. The largest absolute Gasteiger partial charge is 0.504 e. The smallest absolute Gasteiger partial charge is 0.306 e. The lowest BCUT2D eigenvalue weighted by Gasteiger charge is -2.08. The van der Waals surface area contributed by atoms with Crippen LogP contribution in [0.2, 0.25) is 0 Å². The molecule has 152 valence electrons. The Hall–Kier alpha value is -3.48. The number of hydrogen-bond acceptors (Lipinski definition) is 5. The van der Waals surface area contributed by atoms with Crippen LogP contribution < -0.4 is 5.32 Å². The number of amides is 1. The van der Waals surface area contributed by atoms with E-state index < -0.39 is 0 Å². The van der Waals surface area contributed by atoms with Gasteiger partial charge >= 0.3 is 5.97 Å². The molecule has 7 nitrogen and oxygen atoms in total. The van der Waals surface area contributed by atoms with Crippen molar-refractivity contribution >= 4 is 28.6 Å². The third-order valence-corrected chi connectivity index (χ3v) is 4.64. The molecular formula is C22H24N2O5. The summed E-state index contributed by atoms with van der Waals surface area (Å²) in [6.45, 7) is 2.10. The number of para-hydroxylation sites is 1. The van der Waals surface area contributed by atoms with Crippen LogP contribution in [0.15, 0.2) is 42.5 Å². The van der Waals surface area contributed by atoms with Gasteiger partial charge in [0.1, 0.15) is 5.82 Å². The van der Waals surface area contributed by atoms with E-state index in [1.807, 2.05) is 24.3 Å². The Morgan fingerprint density at radius 2 is 1.83 bits per heavy atom. The van der Waals surface area contributed by atoms with E-state index >= 15 is 0 Å². The number of anilines is 1. The first-order valence-electron chi connectivity index (χ1n) is 9.53. The van der Waals surface area contributed by atoms with Crippen LogP contribution in [0.4, 0.5) is 5.82 Å². The lowest BCUT2D eigenvalue weighted by atomic mass is 10.1. The van der Waals surface area contributed by atoms with Crippen LogP contribution in [0.25, 0.3) is 10.9 Å². The highest BCUT2D eigenvalue weighted by molar-refractivity contribution is 5.97. The van der Waals surface area contributed by atoms with E-state index in [9.17, 15) is 19.8 Å². The van der Waals surface area contributed by atoms with Gasteiger partial charge in [0.25, 0.3) is 0 Å². The number of esters is 1. The number of phenolic OH excluding ortho intramolecular Hbond substituents is 2. The second kappa shape index (κ2) is 9.14. The monoisotopic (exact) mass is 396 g/mol. The standard InChI is InChI=1S/C22H24N2O5/c1-2-29-21(28)12-9-16-15-5-3-4-6-17(15)23-22(16)24-20(27)11-8-14-7-10-18(25)19(26)13-14/h3-7,10,13,23,25-26H,2,8-9,11-12H2,1H3,(H,24,27). The number of hydrogen-bond donors (Lipinski definition) is 4. The molecule has 29 heavy (non-hydrogen) atoms. The van der Waals surface area contributed by atoms with Crippen LogP contribution in [-0.4, -0.2) is 33.7 Å². The van der Waals surface area contributed by atoms with Crippen LogP contribution in [-0.2, 0) is 27.2 Å². The summed E-state index contributed by atoms with van der Waals surface area (Å²) in [5, 5.41) is 22.8. The summed E-state index contributed by atoms with van der Waals surface area (Å²) in [7, 11) is 0. The van der Waals surface area contributed by atoms with Crippen molar-refractivity contribution < 1.29 is 24.5 Å². The number of carbonyl (C=O) groups excluding carboxylic acids is 2. The quantitative estimate of drug-likeness (QED) is 0.343. The minimum absolute atomic E-state index is 0.192. The second-order valence-electron chi connectivity index (χ2n) is 6.70. The zero-order chi connectivity index (χ0) is 20.8.